The average molecular weight is 243 g/mol. The molecule has 1 heterocycles. The van der Waals surface area contributed by atoms with E-state index in [-0.39, 0.29) is 0 Å². The lowest BCUT2D eigenvalue weighted by atomic mass is 10.2. The fourth-order valence-electron chi connectivity index (χ4n) is 2.34. The minimum absolute atomic E-state index is 0.623. The summed E-state index contributed by atoms with van der Waals surface area (Å²) in [5.41, 5.74) is 2.46. The third-order valence-electron chi connectivity index (χ3n) is 3.41. The van der Waals surface area contributed by atoms with E-state index >= 15 is 0 Å². The Bertz CT molecular complexity index is 538. The maximum atomic E-state index is 4.78. The van der Waals surface area contributed by atoms with Gasteiger partial charge in [-0.3, -0.25) is 4.68 Å². The molecule has 1 fully saturated rings. The topological polar surface area (TPSA) is 29.9 Å². The molecule has 0 atom stereocenters. The second-order valence-corrected chi connectivity index (χ2v) is 5.69. The summed E-state index contributed by atoms with van der Waals surface area (Å²) >= 11 is 0. The zero-order chi connectivity index (χ0) is 12.5. The minimum atomic E-state index is 0.623. The van der Waals surface area contributed by atoms with Crippen molar-refractivity contribution in [2.45, 2.75) is 45.8 Å². The Morgan fingerprint density at radius 2 is 2.11 bits per heavy atom. The van der Waals surface area contributed by atoms with E-state index in [4.69, 9.17) is 5.10 Å². The van der Waals surface area contributed by atoms with E-state index in [1.54, 1.807) is 0 Å². The number of nitrogens with zero attached hydrogens (tertiary/aromatic N) is 2. The molecule has 1 aliphatic rings. The molecule has 1 N–H and O–H groups in total. The van der Waals surface area contributed by atoms with Gasteiger partial charge in [0.25, 0.3) is 0 Å². The van der Waals surface area contributed by atoms with Gasteiger partial charge in [-0.1, -0.05) is 32.0 Å². The van der Waals surface area contributed by atoms with Gasteiger partial charge >= 0.3 is 0 Å². The third-order valence-corrected chi connectivity index (χ3v) is 3.41. The van der Waals surface area contributed by atoms with Gasteiger partial charge in [-0.15, -0.1) is 0 Å². The molecule has 3 rings (SSSR count). The molecular formula is C15H21N3. The molecule has 0 amide bonds. The van der Waals surface area contributed by atoms with Crippen LogP contribution in [0.15, 0.2) is 24.3 Å². The first kappa shape index (κ1) is 11.7. The molecule has 0 saturated heterocycles. The van der Waals surface area contributed by atoms with Gasteiger partial charge in [0.05, 0.1) is 11.2 Å². The number of fused-ring (bicyclic) bond motifs is 1. The molecule has 1 aromatic heterocycles. The lowest BCUT2D eigenvalue weighted by molar-refractivity contribution is 0.489. The van der Waals surface area contributed by atoms with Gasteiger partial charge in [0.2, 0.25) is 0 Å². The fraction of sp³-hybridized carbons (Fsp3) is 0.533. The normalized spacial score (nSPS) is 15.7. The predicted octanol–water partition coefficient (Wildman–Crippen LogP) is 2.94. The molecule has 3 heteroatoms. The van der Waals surface area contributed by atoms with Gasteiger partial charge < -0.3 is 5.32 Å². The Balaban J connectivity index is 1.91. The Kier molecular flexibility index (Phi) is 3.08. The molecule has 1 aromatic carbocycles. The summed E-state index contributed by atoms with van der Waals surface area (Å²) in [6, 6.07) is 9.29. The minimum Gasteiger partial charge on any atom is -0.308 e. The molecule has 0 radical (unpaired) electrons. The number of hydrogen-bond acceptors (Lipinski definition) is 2. The molecule has 0 aliphatic heterocycles. The number of benzene rings is 1. The van der Waals surface area contributed by atoms with Crippen molar-refractivity contribution in [2.24, 2.45) is 5.92 Å². The van der Waals surface area contributed by atoms with Crippen LogP contribution in [0.2, 0.25) is 0 Å². The standard InChI is InChI=1S/C15H21N3/c1-11(2)10-18-15-6-4-3-5-13(15)14(17-18)9-16-12-7-8-12/h3-6,11-12,16H,7-10H2,1-2H3. The van der Waals surface area contributed by atoms with Crippen LogP contribution in [0.4, 0.5) is 0 Å². The predicted molar refractivity (Wildman–Crippen MR) is 74.4 cm³/mol. The molecule has 0 unspecified atom stereocenters. The van der Waals surface area contributed by atoms with Gasteiger partial charge in [-0.2, -0.15) is 5.10 Å². The highest BCUT2D eigenvalue weighted by molar-refractivity contribution is 5.81. The Morgan fingerprint density at radius 1 is 1.33 bits per heavy atom. The summed E-state index contributed by atoms with van der Waals surface area (Å²) in [5, 5.41) is 9.64. The van der Waals surface area contributed by atoms with Crippen LogP contribution in [0.25, 0.3) is 10.9 Å². The molecule has 96 valence electrons. The zero-order valence-corrected chi connectivity index (χ0v) is 11.2. The Morgan fingerprint density at radius 3 is 2.83 bits per heavy atom. The van der Waals surface area contributed by atoms with Crippen LogP contribution >= 0.6 is 0 Å². The summed E-state index contributed by atoms with van der Waals surface area (Å²) in [6.07, 6.45) is 2.65. The van der Waals surface area contributed by atoms with E-state index in [2.05, 4.69) is 48.1 Å². The zero-order valence-electron chi connectivity index (χ0n) is 11.2. The summed E-state index contributed by atoms with van der Waals surface area (Å²) in [6.45, 7) is 6.36. The van der Waals surface area contributed by atoms with E-state index in [0.717, 1.165) is 19.1 Å². The van der Waals surface area contributed by atoms with Crippen molar-refractivity contribution in [3.63, 3.8) is 0 Å². The van der Waals surface area contributed by atoms with Crippen LogP contribution in [0.1, 0.15) is 32.4 Å². The highest BCUT2D eigenvalue weighted by Gasteiger charge is 2.21. The van der Waals surface area contributed by atoms with Crippen LogP contribution in [0, 0.1) is 5.92 Å². The largest absolute Gasteiger partial charge is 0.308 e. The maximum Gasteiger partial charge on any atom is 0.0841 e. The first-order valence-electron chi connectivity index (χ1n) is 6.92. The lowest BCUT2D eigenvalue weighted by Crippen LogP contribution is -2.16. The van der Waals surface area contributed by atoms with Crippen molar-refractivity contribution >= 4 is 10.9 Å². The van der Waals surface area contributed by atoms with E-state index in [0.29, 0.717) is 5.92 Å². The third kappa shape index (κ3) is 2.41. The first-order valence-corrected chi connectivity index (χ1v) is 6.92. The molecule has 1 saturated carbocycles. The van der Waals surface area contributed by atoms with Crippen LogP contribution < -0.4 is 5.32 Å². The Labute approximate surface area is 108 Å². The van der Waals surface area contributed by atoms with E-state index in [1.165, 1.54) is 29.4 Å². The number of para-hydroxylation sites is 1. The molecule has 1 aliphatic carbocycles. The van der Waals surface area contributed by atoms with Crippen LogP contribution in [-0.2, 0) is 13.1 Å². The van der Waals surface area contributed by atoms with E-state index in [1.807, 2.05) is 0 Å². The fourth-order valence-corrected chi connectivity index (χ4v) is 2.34. The molecule has 0 spiro atoms. The quantitative estimate of drug-likeness (QED) is 0.875. The van der Waals surface area contributed by atoms with Crippen molar-refractivity contribution in [1.29, 1.82) is 0 Å². The van der Waals surface area contributed by atoms with Gasteiger partial charge in [0.15, 0.2) is 0 Å². The Hall–Kier alpha value is -1.35. The van der Waals surface area contributed by atoms with Crippen molar-refractivity contribution in [2.75, 3.05) is 0 Å². The molecule has 0 bridgehead atoms. The maximum absolute atomic E-state index is 4.78. The summed E-state index contributed by atoms with van der Waals surface area (Å²) < 4.78 is 2.16. The van der Waals surface area contributed by atoms with Gasteiger partial charge in [0.1, 0.15) is 0 Å². The average Bonchev–Trinajstić information content (AvgIpc) is 3.11. The second kappa shape index (κ2) is 4.73. The number of nitrogens with one attached hydrogen (secondary N) is 1. The van der Waals surface area contributed by atoms with Crippen molar-refractivity contribution in [3.8, 4) is 0 Å². The van der Waals surface area contributed by atoms with Gasteiger partial charge in [-0.05, 0) is 24.8 Å². The van der Waals surface area contributed by atoms with E-state index < -0.39 is 0 Å². The molecule has 3 nitrogen and oxygen atoms in total. The summed E-state index contributed by atoms with van der Waals surface area (Å²) in [7, 11) is 0. The number of hydrogen-bond donors (Lipinski definition) is 1. The first-order chi connectivity index (χ1) is 8.74. The van der Waals surface area contributed by atoms with Gasteiger partial charge in [-0.25, -0.2) is 0 Å². The van der Waals surface area contributed by atoms with Crippen LogP contribution in [-0.4, -0.2) is 15.8 Å². The molecule has 18 heavy (non-hydrogen) atoms. The van der Waals surface area contributed by atoms with Gasteiger partial charge in [0, 0.05) is 24.5 Å². The van der Waals surface area contributed by atoms with Crippen LogP contribution in [0.5, 0.6) is 0 Å². The SMILES string of the molecule is CC(C)Cn1nc(CNC2CC2)c2ccccc21. The second-order valence-electron chi connectivity index (χ2n) is 5.69. The van der Waals surface area contributed by atoms with Crippen molar-refractivity contribution in [1.82, 2.24) is 15.1 Å². The molecular weight excluding hydrogens is 222 g/mol. The molecule has 2 aromatic rings. The van der Waals surface area contributed by atoms with Crippen molar-refractivity contribution < 1.29 is 0 Å². The highest BCUT2D eigenvalue weighted by Crippen LogP contribution is 2.22. The summed E-state index contributed by atoms with van der Waals surface area (Å²) in [4.78, 5) is 0. The smallest absolute Gasteiger partial charge is 0.0841 e. The number of aromatic nitrogens is 2. The van der Waals surface area contributed by atoms with E-state index in [9.17, 15) is 0 Å². The highest BCUT2D eigenvalue weighted by atomic mass is 15.3. The van der Waals surface area contributed by atoms with Crippen LogP contribution in [0.3, 0.4) is 0 Å². The number of rotatable bonds is 5. The summed E-state index contributed by atoms with van der Waals surface area (Å²) in [5.74, 6) is 0.623. The van der Waals surface area contributed by atoms with Crippen molar-refractivity contribution in [3.05, 3.63) is 30.0 Å². The monoisotopic (exact) mass is 243 g/mol. The lowest BCUT2D eigenvalue weighted by Gasteiger charge is -2.05.